The number of amides is 2. The number of urea groups is 1. The second kappa shape index (κ2) is 6.35. The third kappa shape index (κ3) is 2.97. The first-order chi connectivity index (χ1) is 10.3. The number of aromatic nitrogens is 2. The van der Waals surface area contributed by atoms with Gasteiger partial charge in [-0.2, -0.15) is 0 Å². The number of aromatic amines is 1. The van der Waals surface area contributed by atoms with Gasteiger partial charge in [-0.15, -0.1) is 11.6 Å². The Kier molecular flexibility index (Phi) is 4.29. The number of nitrogens with one attached hydrogen (secondary N) is 2. The molecule has 6 heteroatoms. The van der Waals surface area contributed by atoms with E-state index in [0.29, 0.717) is 18.3 Å². The van der Waals surface area contributed by atoms with Crippen molar-refractivity contribution in [1.82, 2.24) is 20.2 Å². The van der Waals surface area contributed by atoms with Gasteiger partial charge in [-0.3, -0.25) is 4.98 Å². The molecule has 0 spiro atoms. The Morgan fingerprint density at radius 3 is 3.05 bits per heavy atom. The smallest absolute Gasteiger partial charge is 0.317 e. The van der Waals surface area contributed by atoms with Crippen LogP contribution in [0.2, 0.25) is 0 Å². The highest BCUT2D eigenvalue weighted by Gasteiger charge is 2.25. The molecule has 5 nitrogen and oxygen atoms in total. The summed E-state index contributed by atoms with van der Waals surface area (Å²) < 4.78 is 0. The van der Waals surface area contributed by atoms with Crippen molar-refractivity contribution in [2.24, 2.45) is 0 Å². The van der Waals surface area contributed by atoms with Gasteiger partial charge in [-0.05, 0) is 36.5 Å². The molecular formula is C15H19ClN4O. The molecule has 3 heterocycles. The molecular weight excluding hydrogens is 288 g/mol. The first-order valence-electron chi connectivity index (χ1n) is 7.30. The number of halogens is 1. The van der Waals surface area contributed by atoms with Gasteiger partial charge in [0.1, 0.15) is 0 Å². The van der Waals surface area contributed by atoms with E-state index in [-0.39, 0.29) is 6.03 Å². The molecule has 1 saturated heterocycles. The lowest BCUT2D eigenvalue weighted by Crippen LogP contribution is -2.44. The lowest BCUT2D eigenvalue weighted by Gasteiger charge is -2.31. The molecule has 2 aromatic rings. The minimum Gasteiger partial charge on any atom is -0.360 e. The van der Waals surface area contributed by atoms with E-state index in [9.17, 15) is 4.79 Å². The summed E-state index contributed by atoms with van der Waals surface area (Å²) in [5.74, 6) is 0.911. The van der Waals surface area contributed by atoms with Crippen LogP contribution in [-0.4, -0.2) is 46.4 Å². The second-order valence-corrected chi connectivity index (χ2v) is 5.70. The van der Waals surface area contributed by atoms with Crippen LogP contribution in [0.3, 0.4) is 0 Å². The van der Waals surface area contributed by atoms with Gasteiger partial charge in [0.15, 0.2) is 0 Å². The number of carbonyl (C=O) groups excluding carboxylic acids is 1. The van der Waals surface area contributed by atoms with Gasteiger partial charge in [0.05, 0.1) is 11.0 Å². The van der Waals surface area contributed by atoms with Crippen molar-refractivity contribution in [2.45, 2.75) is 18.8 Å². The molecule has 0 aromatic carbocycles. The fourth-order valence-corrected chi connectivity index (χ4v) is 3.04. The molecule has 0 bridgehead atoms. The number of hydrogen-bond donors (Lipinski definition) is 2. The van der Waals surface area contributed by atoms with Crippen LogP contribution < -0.4 is 5.32 Å². The largest absolute Gasteiger partial charge is 0.360 e. The normalized spacial score (nSPS) is 16.3. The lowest BCUT2D eigenvalue weighted by molar-refractivity contribution is 0.182. The monoisotopic (exact) mass is 306 g/mol. The maximum atomic E-state index is 11.9. The second-order valence-electron chi connectivity index (χ2n) is 5.33. The molecule has 0 unspecified atom stereocenters. The first kappa shape index (κ1) is 14.2. The van der Waals surface area contributed by atoms with E-state index in [1.54, 1.807) is 0 Å². The fourth-order valence-electron chi connectivity index (χ4n) is 2.95. The molecule has 0 saturated carbocycles. The molecule has 112 valence electrons. The summed E-state index contributed by atoms with van der Waals surface area (Å²) in [5.41, 5.74) is 3.41. The predicted octanol–water partition coefficient (Wildman–Crippen LogP) is 2.69. The summed E-state index contributed by atoms with van der Waals surface area (Å²) in [7, 11) is 0. The van der Waals surface area contributed by atoms with Gasteiger partial charge in [-0.1, -0.05) is 0 Å². The summed E-state index contributed by atoms with van der Waals surface area (Å²) in [6.45, 7) is 2.07. The number of likely N-dealkylation sites (tertiary alicyclic amines) is 1. The minimum absolute atomic E-state index is 0.00819. The summed E-state index contributed by atoms with van der Waals surface area (Å²) in [6, 6.07) is 3.97. The molecule has 0 aliphatic carbocycles. The number of piperidine rings is 1. The van der Waals surface area contributed by atoms with Crippen molar-refractivity contribution >= 4 is 28.7 Å². The third-order valence-electron chi connectivity index (χ3n) is 4.06. The number of carbonyl (C=O) groups is 1. The zero-order valence-corrected chi connectivity index (χ0v) is 12.6. The fraction of sp³-hybridized carbons (Fsp3) is 0.467. The summed E-state index contributed by atoms with van der Waals surface area (Å²) >= 11 is 5.59. The topological polar surface area (TPSA) is 61.0 Å². The predicted molar refractivity (Wildman–Crippen MR) is 83.8 cm³/mol. The number of alkyl halides is 1. The number of fused-ring (bicyclic) bond motifs is 1. The number of rotatable bonds is 3. The van der Waals surface area contributed by atoms with Crippen LogP contribution in [0.1, 0.15) is 24.3 Å². The van der Waals surface area contributed by atoms with Crippen molar-refractivity contribution in [3.63, 3.8) is 0 Å². The highest BCUT2D eigenvalue weighted by atomic mass is 35.5. The number of pyridine rings is 1. The molecule has 2 amide bonds. The van der Waals surface area contributed by atoms with Crippen LogP contribution in [0.15, 0.2) is 24.5 Å². The number of H-pyrrole nitrogens is 1. The van der Waals surface area contributed by atoms with E-state index < -0.39 is 0 Å². The molecule has 1 fully saturated rings. The van der Waals surface area contributed by atoms with Crippen molar-refractivity contribution < 1.29 is 4.79 Å². The van der Waals surface area contributed by atoms with Gasteiger partial charge >= 0.3 is 6.03 Å². The average Bonchev–Trinajstić information content (AvgIpc) is 2.97. The van der Waals surface area contributed by atoms with E-state index >= 15 is 0 Å². The minimum atomic E-state index is -0.00819. The average molecular weight is 307 g/mol. The van der Waals surface area contributed by atoms with Gasteiger partial charge in [0, 0.05) is 37.9 Å². The highest BCUT2D eigenvalue weighted by molar-refractivity contribution is 6.18. The van der Waals surface area contributed by atoms with E-state index in [1.165, 1.54) is 5.56 Å². The van der Waals surface area contributed by atoms with Crippen molar-refractivity contribution in [3.05, 3.63) is 30.1 Å². The summed E-state index contributed by atoms with van der Waals surface area (Å²) in [4.78, 5) is 21.5. The van der Waals surface area contributed by atoms with Crippen LogP contribution >= 0.6 is 11.6 Å². The Hall–Kier alpha value is -1.75. The quantitative estimate of drug-likeness (QED) is 0.857. The Morgan fingerprint density at radius 2 is 2.29 bits per heavy atom. The molecule has 1 aliphatic rings. The van der Waals surface area contributed by atoms with Gasteiger partial charge in [0.25, 0.3) is 0 Å². The molecule has 0 atom stereocenters. The van der Waals surface area contributed by atoms with E-state index in [4.69, 9.17) is 11.6 Å². The molecule has 3 rings (SSSR count). The van der Waals surface area contributed by atoms with Gasteiger partial charge in [-0.25, -0.2) is 4.79 Å². The summed E-state index contributed by atoms with van der Waals surface area (Å²) in [5, 5.41) is 2.82. The molecule has 2 aromatic heterocycles. The van der Waals surface area contributed by atoms with E-state index in [0.717, 1.165) is 37.0 Å². The third-order valence-corrected chi connectivity index (χ3v) is 4.25. The Balaban J connectivity index is 1.64. The number of hydrogen-bond acceptors (Lipinski definition) is 2. The van der Waals surface area contributed by atoms with Gasteiger partial charge < -0.3 is 15.2 Å². The SMILES string of the molecule is O=C(NCCCl)N1CCC(c2c[nH]c3cccnc23)CC1. The molecule has 2 N–H and O–H groups in total. The van der Waals surface area contributed by atoms with Gasteiger partial charge in [0.2, 0.25) is 0 Å². The van der Waals surface area contributed by atoms with Crippen LogP contribution in [0, 0.1) is 0 Å². The number of nitrogens with zero attached hydrogens (tertiary/aromatic N) is 2. The first-order valence-corrected chi connectivity index (χ1v) is 7.84. The van der Waals surface area contributed by atoms with Crippen LogP contribution in [-0.2, 0) is 0 Å². The van der Waals surface area contributed by atoms with Crippen LogP contribution in [0.5, 0.6) is 0 Å². The van der Waals surface area contributed by atoms with Crippen molar-refractivity contribution in [1.29, 1.82) is 0 Å². The maximum absolute atomic E-state index is 11.9. The molecule has 21 heavy (non-hydrogen) atoms. The van der Waals surface area contributed by atoms with Crippen LogP contribution in [0.4, 0.5) is 4.79 Å². The summed E-state index contributed by atoms with van der Waals surface area (Å²) in [6.07, 6.45) is 5.83. The van der Waals surface area contributed by atoms with E-state index in [1.807, 2.05) is 23.2 Å². The van der Waals surface area contributed by atoms with Crippen molar-refractivity contribution in [2.75, 3.05) is 25.5 Å². The standard InChI is InChI=1S/C15H19ClN4O/c16-5-7-18-15(21)20-8-3-11(4-9-20)12-10-19-13-2-1-6-17-14(12)13/h1-2,6,10-11,19H,3-5,7-9H2,(H,18,21). The Morgan fingerprint density at radius 1 is 1.48 bits per heavy atom. The zero-order valence-electron chi connectivity index (χ0n) is 11.8. The lowest BCUT2D eigenvalue weighted by atomic mass is 9.90. The van der Waals surface area contributed by atoms with Crippen LogP contribution in [0.25, 0.3) is 11.0 Å². The zero-order chi connectivity index (χ0) is 14.7. The Bertz CT molecular complexity index is 619. The molecule has 1 aliphatic heterocycles. The highest BCUT2D eigenvalue weighted by Crippen LogP contribution is 2.32. The molecule has 0 radical (unpaired) electrons. The maximum Gasteiger partial charge on any atom is 0.317 e. The Labute approximate surface area is 128 Å². The van der Waals surface area contributed by atoms with E-state index in [2.05, 4.69) is 21.5 Å². The van der Waals surface area contributed by atoms with Crippen molar-refractivity contribution in [3.8, 4) is 0 Å².